The molecule has 8 heteroatoms. The highest BCUT2D eigenvalue weighted by atomic mass is 16.5. The van der Waals surface area contributed by atoms with Crippen molar-refractivity contribution in [2.45, 2.75) is 45.1 Å². The molecule has 0 spiro atoms. The first-order chi connectivity index (χ1) is 12.6. The number of hydrogen-bond donors (Lipinski definition) is 3. The van der Waals surface area contributed by atoms with Crippen LogP contribution in [0.4, 0.5) is 4.79 Å². The van der Waals surface area contributed by atoms with Gasteiger partial charge in [-0.1, -0.05) is 32.9 Å². The van der Waals surface area contributed by atoms with Gasteiger partial charge in [0.15, 0.2) is 6.61 Å². The molecule has 146 valence electrons. The lowest BCUT2D eigenvalue weighted by Gasteiger charge is -2.19. The lowest BCUT2D eigenvalue weighted by atomic mass is 9.87. The number of esters is 1. The zero-order valence-electron chi connectivity index (χ0n) is 15.8. The van der Waals surface area contributed by atoms with E-state index in [0.29, 0.717) is 5.56 Å². The molecule has 27 heavy (non-hydrogen) atoms. The number of nitrogens with one attached hydrogen (secondary N) is 3. The highest BCUT2D eigenvalue weighted by Crippen LogP contribution is 2.22. The van der Waals surface area contributed by atoms with Crippen LogP contribution in [0.25, 0.3) is 0 Å². The predicted octanol–water partition coefficient (Wildman–Crippen LogP) is 1.25. The molecule has 1 aliphatic rings. The average molecular weight is 375 g/mol. The molecular formula is C19H25N3O5. The van der Waals surface area contributed by atoms with E-state index < -0.39 is 30.4 Å². The Labute approximate surface area is 158 Å². The molecule has 1 aromatic carbocycles. The lowest BCUT2D eigenvalue weighted by molar-refractivity contribution is -0.147. The van der Waals surface area contributed by atoms with Gasteiger partial charge in [-0.3, -0.25) is 19.7 Å². The topological polar surface area (TPSA) is 114 Å². The maximum atomic E-state index is 12.1. The monoisotopic (exact) mass is 375 g/mol. The summed E-state index contributed by atoms with van der Waals surface area (Å²) >= 11 is 0. The molecule has 0 aliphatic heterocycles. The largest absolute Gasteiger partial charge is 0.454 e. The first-order valence-electron chi connectivity index (χ1n) is 8.80. The Morgan fingerprint density at radius 2 is 1.70 bits per heavy atom. The number of carbonyl (C=O) groups excluding carboxylic acids is 4. The van der Waals surface area contributed by atoms with Gasteiger partial charge in [-0.2, -0.15) is 0 Å². The molecule has 0 atom stereocenters. The van der Waals surface area contributed by atoms with Crippen LogP contribution in [-0.4, -0.2) is 43.0 Å². The summed E-state index contributed by atoms with van der Waals surface area (Å²) in [4.78, 5) is 46.5. The summed E-state index contributed by atoms with van der Waals surface area (Å²) in [6, 6.07) is 6.62. The molecule has 1 saturated carbocycles. The smallest absolute Gasteiger partial charge is 0.325 e. The Morgan fingerprint density at radius 1 is 1.07 bits per heavy atom. The van der Waals surface area contributed by atoms with Gasteiger partial charge in [0.1, 0.15) is 6.54 Å². The minimum Gasteiger partial charge on any atom is -0.454 e. The number of hydrogen-bond acceptors (Lipinski definition) is 5. The predicted molar refractivity (Wildman–Crippen MR) is 98.1 cm³/mol. The van der Waals surface area contributed by atoms with E-state index in [0.717, 1.165) is 18.4 Å². The number of benzene rings is 1. The van der Waals surface area contributed by atoms with E-state index in [-0.39, 0.29) is 18.0 Å². The maximum absolute atomic E-state index is 12.1. The first kappa shape index (κ1) is 20.4. The second kappa shape index (κ2) is 8.66. The molecule has 1 aliphatic carbocycles. The van der Waals surface area contributed by atoms with E-state index >= 15 is 0 Å². The summed E-state index contributed by atoms with van der Waals surface area (Å²) in [6.07, 6.45) is 1.80. The molecule has 0 heterocycles. The fourth-order valence-corrected chi connectivity index (χ4v) is 2.19. The summed E-state index contributed by atoms with van der Waals surface area (Å²) < 4.78 is 4.73. The summed E-state index contributed by atoms with van der Waals surface area (Å²) in [5.74, 6) is -1.92. The van der Waals surface area contributed by atoms with Crippen LogP contribution in [0.15, 0.2) is 24.3 Å². The van der Waals surface area contributed by atoms with Gasteiger partial charge in [0.05, 0.1) is 0 Å². The van der Waals surface area contributed by atoms with Crippen molar-refractivity contribution < 1.29 is 23.9 Å². The number of carbonyl (C=O) groups is 4. The minimum atomic E-state index is -0.771. The standard InChI is InChI=1S/C19H25N3O5/c1-19(2,3)13-6-4-12(5-7-13)17(25)20-10-16(24)27-11-15(23)22-18(26)21-14-8-9-14/h4-7,14H,8-11H2,1-3H3,(H,20,25)(H2,21,22,23,26). The number of rotatable bonds is 6. The Bertz CT molecular complexity index is 718. The zero-order valence-corrected chi connectivity index (χ0v) is 15.8. The molecule has 1 aromatic rings. The van der Waals surface area contributed by atoms with E-state index in [1.165, 1.54) is 0 Å². The number of amides is 4. The van der Waals surface area contributed by atoms with Gasteiger partial charge in [-0.05, 0) is 36.0 Å². The van der Waals surface area contributed by atoms with Crippen LogP contribution < -0.4 is 16.0 Å². The number of ether oxygens (including phenoxy) is 1. The SMILES string of the molecule is CC(C)(C)c1ccc(C(=O)NCC(=O)OCC(=O)NC(=O)NC2CC2)cc1. The summed E-state index contributed by atoms with van der Waals surface area (Å²) in [7, 11) is 0. The quantitative estimate of drug-likeness (QED) is 0.648. The van der Waals surface area contributed by atoms with Crippen molar-refractivity contribution >= 4 is 23.8 Å². The molecule has 0 radical (unpaired) electrons. The third-order valence-corrected chi connectivity index (χ3v) is 3.94. The minimum absolute atomic E-state index is 0.0189. The molecule has 2 rings (SSSR count). The van der Waals surface area contributed by atoms with Crippen LogP contribution in [-0.2, 0) is 19.7 Å². The highest BCUT2D eigenvalue weighted by Gasteiger charge is 2.24. The average Bonchev–Trinajstić information content (AvgIpc) is 3.41. The van der Waals surface area contributed by atoms with Gasteiger partial charge in [0.2, 0.25) is 0 Å². The first-order valence-corrected chi connectivity index (χ1v) is 8.80. The summed E-state index contributed by atoms with van der Waals surface area (Å²) in [6.45, 7) is 5.26. The van der Waals surface area contributed by atoms with Gasteiger partial charge in [-0.15, -0.1) is 0 Å². The maximum Gasteiger partial charge on any atom is 0.325 e. The van der Waals surface area contributed by atoms with Crippen molar-refractivity contribution in [1.82, 2.24) is 16.0 Å². The fourth-order valence-electron chi connectivity index (χ4n) is 2.19. The second-order valence-corrected chi connectivity index (χ2v) is 7.47. The Kier molecular flexibility index (Phi) is 6.55. The van der Waals surface area contributed by atoms with Crippen LogP contribution in [0.2, 0.25) is 0 Å². The van der Waals surface area contributed by atoms with Crippen LogP contribution in [0.3, 0.4) is 0 Å². The van der Waals surface area contributed by atoms with Crippen molar-refractivity contribution in [3.8, 4) is 0 Å². The van der Waals surface area contributed by atoms with Crippen molar-refractivity contribution in [3.63, 3.8) is 0 Å². The third kappa shape index (κ3) is 7.08. The Morgan fingerprint density at radius 3 is 2.26 bits per heavy atom. The number of imide groups is 1. The number of urea groups is 1. The van der Waals surface area contributed by atoms with Gasteiger partial charge in [0.25, 0.3) is 11.8 Å². The Hall–Kier alpha value is -2.90. The lowest BCUT2D eigenvalue weighted by Crippen LogP contribution is -2.42. The fraction of sp³-hybridized carbons (Fsp3) is 0.474. The van der Waals surface area contributed by atoms with Crippen molar-refractivity contribution in [2.24, 2.45) is 0 Å². The van der Waals surface area contributed by atoms with Crippen molar-refractivity contribution in [1.29, 1.82) is 0 Å². The Balaban J connectivity index is 1.69. The molecule has 8 nitrogen and oxygen atoms in total. The van der Waals surface area contributed by atoms with E-state index in [1.54, 1.807) is 12.1 Å². The van der Waals surface area contributed by atoms with Crippen molar-refractivity contribution in [3.05, 3.63) is 35.4 Å². The van der Waals surface area contributed by atoms with E-state index in [2.05, 4.69) is 36.7 Å². The van der Waals surface area contributed by atoms with Crippen LogP contribution in [0, 0.1) is 0 Å². The van der Waals surface area contributed by atoms with E-state index in [1.807, 2.05) is 12.1 Å². The molecule has 0 saturated heterocycles. The molecule has 1 fully saturated rings. The molecule has 0 bridgehead atoms. The van der Waals surface area contributed by atoms with Crippen LogP contribution in [0.1, 0.15) is 49.5 Å². The van der Waals surface area contributed by atoms with Gasteiger partial charge < -0.3 is 15.4 Å². The van der Waals surface area contributed by atoms with Crippen LogP contribution >= 0.6 is 0 Å². The molecule has 0 aromatic heterocycles. The van der Waals surface area contributed by atoms with Gasteiger partial charge in [-0.25, -0.2) is 4.79 Å². The summed E-state index contributed by atoms with van der Waals surface area (Å²) in [5, 5.41) is 7.07. The highest BCUT2D eigenvalue weighted by molar-refractivity contribution is 5.97. The van der Waals surface area contributed by atoms with Gasteiger partial charge >= 0.3 is 12.0 Å². The van der Waals surface area contributed by atoms with E-state index in [4.69, 9.17) is 4.74 Å². The van der Waals surface area contributed by atoms with Crippen molar-refractivity contribution in [2.75, 3.05) is 13.2 Å². The molecule has 4 amide bonds. The summed E-state index contributed by atoms with van der Waals surface area (Å²) in [5.41, 5.74) is 1.50. The van der Waals surface area contributed by atoms with E-state index in [9.17, 15) is 19.2 Å². The zero-order chi connectivity index (χ0) is 20.0. The normalized spacial score (nSPS) is 13.4. The van der Waals surface area contributed by atoms with Crippen LogP contribution in [0.5, 0.6) is 0 Å². The van der Waals surface area contributed by atoms with Gasteiger partial charge in [0, 0.05) is 11.6 Å². The second-order valence-electron chi connectivity index (χ2n) is 7.47. The third-order valence-electron chi connectivity index (χ3n) is 3.94. The molecule has 3 N–H and O–H groups in total. The molecular weight excluding hydrogens is 350 g/mol. The molecule has 0 unspecified atom stereocenters.